The first kappa shape index (κ1) is 22.0. The van der Waals surface area contributed by atoms with Gasteiger partial charge in [-0.3, -0.25) is 9.59 Å². The van der Waals surface area contributed by atoms with Crippen LogP contribution in [0.3, 0.4) is 0 Å². The van der Waals surface area contributed by atoms with Crippen LogP contribution in [-0.2, 0) is 22.6 Å². The van der Waals surface area contributed by atoms with E-state index in [0.29, 0.717) is 13.0 Å². The molecule has 0 spiro atoms. The third-order valence-electron chi connectivity index (χ3n) is 6.53. The summed E-state index contributed by atoms with van der Waals surface area (Å²) in [5.74, 6) is -0.199. The van der Waals surface area contributed by atoms with Crippen molar-refractivity contribution in [1.82, 2.24) is 10.6 Å². The number of nitrogens with one attached hydrogen (secondary N) is 2. The number of para-hydroxylation sites is 1. The third kappa shape index (κ3) is 4.26. The van der Waals surface area contributed by atoms with Crippen molar-refractivity contribution in [2.24, 2.45) is 0 Å². The maximum absolute atomic E-state index is 13.6. The Labute approximate surface area is 179 Å². The number of benzene rings is 2. The molecule has 0 radical (unpaired) electrons. The molecular formula is C25H33N3O2. The molecule has 1 heterocycles. The van der Waals surface area contributed by atoms with E-state index in [4.69, 9.17) is 0 Å². The van der Waals surface area contributed by atoms with Crippen LogP contribution in [0.25, 0.3) is 0 Å². The van der Waals surface area contributed by atoms with Crippen molar-refractivity contribution in [2.75, 3.05) is 11.9 Å². The van der Waals surface area contributed by atoms with E-state index in [1.54, 1.807) is 14.0 Å². The van der Waals surface area contributed by atoms with Crippen LogP contribution in [0.15, 0.2) is 30.3 Å². The topological polar surface area (TPSA) is 61.4 Å². The normalized spacial score (nSPS) is 17.3. The van der Waals surface area contributed by atoms with Gasteiger partial charge in [-0.2, -0.15) is 0 Å². The number of hydrogen-bond donors (Lipinski definition) is 2. The highest BCUT2D eigenvalue weighted by atomic mass is 16.2. The summed E-state index contributed by atoms with van der Waals surface area (Å²) in [6, 6.07) is 9.40. The zero-order valence-corrected chi connectivity index (χ0v) is 18.9. The molecule has 30 heavy (non-hydrogen) atoms. The summed E-state index contributed by atoms with van der Waals surface area (Å²) < 4.78 is 0. The van der Waals surface area contributed by atoms with E-state index in [-0.39, 0.29) is 17.9 Å². The number of likely N-dealkylation sites (N-methyl/N-ethyl adjacent to an activating group) is 1. The zero-order chi connectivity index (χ0) is 22.0. The first-order valence-corrected chi connectivity index (χ1v) is 10.7. The molecule has 0 saturated carbocycles. The number of carbonyl (C=O) groups excluding carboxylic acids is 2. The Morgan fingerprint density at radius 3 is 2.40 bits per heavy atom. The first-order chi connectivity index (χ1) is 14.2. The molecule has 0 fully saturated rings. The lowest BCUT2D eigenvalue weighted by molar-refractivity contribution is -0.128. The minimum Gasteiger partial charge on any atom is -0.343 e. The molecular weight excluding hydrogens is 374 g/mol. The molecule has 2 aromatic carbocycles. The van der Waals surface area contributed by atoms with Gasteiger partial charge in [-0.05, 0) is 94.0 Å². The first-order valence-electron chi connectivity index (χ1n) is 10.7. The van der Waals surface area contributed by atoms with Crippen molar-refractivity contribution >= 4 is 17.5 Å². The molecule has 0 bridgehead atoms. The second-order valence-corrected chi connectivity index (χ2v) is 8.40. The second kappa shape index (κ2) is 9.00. The lowest BCUT2D eigenvalue weighted by Gasteiger charge is -2.29. The second-order valence-electron chi connectivity index (χ2n) is 8.40. The van der Waals surface area contributed by atoms with Crippen LogP contribution in [-0.4, -0.2) is 30.9 Å². The van der Waals surface area contributed by atoms with Gasteiger partial charge in [-0.15, -0.1) is 0 Å². The van der Waals surface area contributed by atoms with Crippen LogP contribution >= 0.6 is 0 Å². The van der Waals surface area contributed by atoms with E-state index in [1.807, 2.05) is 23.1 Å². The molecule has 2 N–H and O–H groups in total. The predicted molar refractivity (Wildman–Crippen MR) is 122 cm³/mol. The predicted octanol–water partition coefficient (Wildman–Crippen LogP) is 3.49. The van der Waals surface area contributed by atoms with Crippen LogP contribution < -0.4 is 15.5 Å². The zero-order valence-electron chi connectivity index (χ0n) is 18.9. The van der Waals surface area contributed by atoms with Gasteiger partial charge in [-0.1, -0.05) is 24.3 Å². The van der Waals surface area contributed by atoms with Crippen LogP contribution in [0, 0.1) is 27.7 Å². The molecule has 5 nitrogen and oxygen atoms in total. The number of fused-ring (bicyclic) bond motifs is 1. The van der Waals surface area contributed by atoms with E-state index < -0.39 is 6.04 Å². The standard InChI is InChI=1S/C25H33N3O2/c1-15-13-16(2)18(4)21(17(15)3)14-28-23-10-8-7-9-20(23)11-12-22(25(28)30)27-24(29)19(5)26-6/h7-10,13,19,22,26H,11-12,14H2,1-6H3,(H,27,29)/t19-,22?/m0/s1. The van der Waals surface area contributed by atoms with E-state index in [1.165, 1.54) is 27.8 Å². The van der Waals surface area contributed by atoms with Crippen LogP contribution in [0.1, 0.15) is 46.7 Å². The summed E-state index contributed by atoms with van der Waals surface area (Å²) in [5.41, 5.74) is 8.18. The van der Waals surface area contributed by atoms with Gasteiger partial charge in [-0.25, -0.2) is 0 Å². The van der Waals surface area contributed by atoms with Gasteiger partial charge in [0.15, 0.2) is 0 Å². The van der Waals surface area contributed by atoms with Gasteiger partial charge in [0.25, 0.3) is 0 Å². The minimum absolute atomic E-state index is 0.0467. The van der Waals surface area contributed by atoms with Crippen molar-refractivity contribution < 1.29 is 9.59 Å². The summed E-state index contributed by atoms with van der Waals surface area (Å²) in [7, 11) is 1.74. The third-order valence-corrected chi connectivity index (χ3v) is 6.53. The Morgan fingerprint density at radius 2 is 1.77 bits per heavy atom. The number of nitrogens with zero attached hydrogens (tertiary/aromatic N) is 1. The van der Waals surface area contributed by atoms with Crippen molar-refractivity contribution in [3.8, 4) is 0 Å². The fourth-order valence-corrected chi connectivity index (χ4v) is 4.13. The molecule has 1 aliphatic heterocycles. The van der Waals surface area contributed by atoms with Gasteiger partial charge < -0.3 is 15.5 Å². The smallest absolute Gasteiger partial charge is 0.249 e. The average molecular weight is 408 g/mol. The molecule has 160 valence electrons. The fourth-order valence-electron chi connectivity index (χ4n) is 4.13. The maximum Gasteiger partial charge on any atom is 0.249 e. The molecule has 3 rings (SSSR count). The molecule has 2 amide bonds. The Hall–Kier alpha value is -2.66. The molecule has 5 heteroatoms. The van der Waals surface area contributed by atoms with E-state index in [2.05, 4.69) is 50.5 Å². The SMILES string of the molecule is CN[C@@H](C)C(=O)NC1CCc2ccccc2N(Cc2c(C)c(C)cc(C)c2C)C1=O. The molecule has 2 aromatic rings. The highest BCUT2D eigenvalue weighted by molar-refractivity contribution is 6.01. The number of hydrogen-bond acceptors (Lipinski definition) is 3. The van der Waals surface area contributed by atoms with Gasteiger partial charge in [0, 0.05) is 5.69 Å². The number of anilines is 1. The Bertz CT molecular complexity index is 941. The summed E-state index contributed by atoms with van der Waals surface area (Å²) in [6.07, 6.45) is 1.35. The largest absolute Gasteiger partial charge is 0.343 e. The van der Waals surface area contributed by atoms with Gasteiger partial charge >= 0.3 is 0 Å². The van der Waals surface area contributed by atoms with E-state index >= 15 is 0 Å². The molecule has 1 aliphatic rings. The van der Waals surface area contributed by atoms with Gasteiger partial charge in [0.05, 0.1) is 12.6 Å². The number of amides is 2. The number of aryl methyl sites for hydroxylation is 3. The van der Waals surface area contributed by atoms with Crippen LogP contribution in [0.5, 0.6) is 0 Å². The quantitative estimate of drug-likeness (QED) is 0.798. The van der Waals surface area contributed by atoms with Gasteiger partial charge in [0.2, 0.25) is 11.8 Å². The van der Waals surface area contributed by atoms with Gasteiger partial charge in [0.1, 0.15) is 6.04 Å². The van der Waals surface area contributed by atoms with Crippen LogP contribution in [0.4, 0.5) is 5.69 Å². The molecule has 2 atom stereocenters. The lowest BCUT2D eigenvalue weighted by Crippen LogP contribution is -2.52. The average Bonchev–Trinajstić information content (AvgIpc) is 2.86. The lowest BCUT2D eigenvalue weighted by atomic mass is 9.93. The van der Waals surface area contributed by atoms with Crippen molar-refractivity contribution in [3.05, 3.63) is 63.7 Å². The molecule has 0 aromatic heterocycles. The van der Waals surface area contributed by atoms with E-state index in [9.17, 15) is 9.59 Å². The number of rotatable bonds is 5. The van der Waals surface area contributed by atoms with E-state index in [0.717, 1.165) is 17.7 Å². The summed E-state index contributed by atoms with van der Waals surface area (Å²) in [5, 5.41) is 5.91. The Kier molecular flexibility index (Phi) is 6.61. The molecule has 0 aliphatic carbocycles. The summed E-state index contributed by atoms with van der Waals surface area (Å²) in [6.45, 7) is 10.8. The van der Waals surface area contributed by atoms with Crippen molar-refractivity contribution in [2.45, 2.75) is 66.1 Å². The maximum atomic E-state index is 13.6. The van der Waals surface area contributed by atoms with Crippen molar-refractivity contribution in [3.63, 3.8) is 0 Å². The monoisotopic (exact) mass is 407 g/mol. The number of carbonyl (C=O) groups is 2. The molecule has 0 saturated heterocycles. The summed E-state index contributed by atoms with van der Waals surface area (Å²) >= 11 is 0. The Balaban J connectivity index is 2.01. The molecule has 1 unspecified atom stereocenters. The fraction of sp³-hybridized carbons (Fsp3) is 0.440. The summed E-state index contributed by atoms with van der Waals surface area (Å²) in [4.78, 5) is 28.0. The minimum atomic E-state index is -0.535. The Morgan fingerprint density at radius 1 is 1.13 bits per heavy atom. The highest BCUT2D eigenvalue weighted by Gasteiger charge is 2.32. The van der Waals surface area contributed by atoms with Crippen molar-refractivity contribution in [1.29, 1.82) is 0 Å². The highest BCUT2D eigenvalue weighted by Crippen LogP contribution is 2.31. The van der Waals surface area contributed by atoms with Crippen LogP contribution in [0.2, 0.25) is 0 Å².